The van der Waals surface area contributed by atoms with Gasteiger partial charge in [0.05, 0.1) is 0 Å². The van der Waals surface area contributed by atoms with Crippen LogP contribution >= 0.6 is 0 Å². The van der Waals surface area contributed by atoms with Gasteiger partial charge in [-0.05, 0) is 0 Å². The zero-order valence-electron chi connectivity index (χ0n) is 2.51. The van der Waals surface area contributed by atoms with Gasteiger partial charge >= 0.3 is 101 Å². The molecule has 0 aromatic rings. The van der Waals surface area contributed by atoms with Crippen molar-refractivity contribution in [3.05, 3.63) is 0 Å². The summed E-state index contributed by atoms with van der Waals surface area (Å²) in [5, 5.41) is 0. The minimum absolute atomic E-state index is 0. The molecule has 0 saturated carbocycles. The predicted octanol–water partition coefficient (Wildman–Crippen LogP) is -12.0. The van der Waals surface area contributed by atoms with E-state index in [1.54, 1.807) is 0 Å². The van der Waals surface area contributed by atoms with Crippen LogP contribution in [0.25, 0.3) is 0 Å². The molecule has 29 valence electrons. The molecule has 0 saturated heterocycles. The number of hydrogen-bond donors (Lipinski definition) is 0. The minimum atomic E-state index is 0. The van der Waals surface area contributed by atoms with Crippen molar-refractivity contribution < 1.29 is 138 Å². The van der Waals surface area contributed by atoms with Gasteiger partial charge in [0.25, 0.3) is 0 Å². The van der Waals surface area contributed by atoms with Crippen LogP contribution in [0.2, 0.25) is 0 Å². The van der Waals surface area contributed by atoms with E-state index in [9.17, 15) is 0 Å². The largest absolute Gasteiger partial charge is 2.00 e. The maximum Gasteiger partial charge on any atom is 2.00 e. The van der Waals surface area contributed by atoms with Gasteiger partial charge in [-0.3, -0.25) is 0 Å². The maximum absolute atomic E-state index is 0. The Morgan fingerprint density at radius 3 is 0.600 bits per heavy atom. The second-order valence-electron chi connectivity index (χ2n) is 0. The van der Waals surface area contributed by atoms with Crippen molar-refractivity contribution in [3.8, 4) is 0 Å². The Bertz CT molecular complexity index is 6.85. The van der Waals surface area contributed by atoms with Gasteiger partial charge in [-0.15, -0.1) is 0 Å². The Morgan fingerprint density at radius 2 is 0.600 bits per heavy atom. The fourth-order valence-electron chi connectivity index (χ4n) is 0. The van der Waals surface area contributed by atoms with Crippen LogP contribution in [0.15, 0.2) is 0 Å². The molecule has 0 nitrogen and oxygen atoms in total. The molecule has 0 aromatic heterocycles. The molecular formula is Cl3EuK. The van der Waals surface area contributed by atoms with E-state index in [2.05, 4.69) is 0 Å². The molecule has 0 unspecified atom stereocenters. The molecule has 0 aliphatic rings. The molecule has 0 rings (SSSR count). The first-order valence-corrected chi connectivity index (χ1v) is 0. The van der Waals surface area contributed by atoms with Crippen molar-refractivity contribution in [1.82, 2.24) is 0 Å². The average molecular weight is 297 g/mol. The first kappa shape index (κ1) is 35.6. The van der Waals surface area contributed by atoms with E-state index in [1.165, 1.54) is 0 Å². The van der Waals surface area contributed by atoms with Crippen LogP contribution in [0.4, 0.5) is 0 Å². The van der Waals surface area contributed by atoms with Gasteiger partial charge < -0.3 is 37.2 Å². The quantitative estimate of drug-likeness (QED) is 0.390. The van der Waals surface area contributed by atoms with E-state index < -0.39 is 0 Å². The SMILES string of the molecule is [Cl-].[Cl-].[Cl-].[Eu+2].[K+]. The summed E-state index contributed by atoms with van der Waals surface area (Å²) in [5.74, 6) is 0. The van der Waals surface area contributed by atoms with Gasteiger partial charge in [-0.25, -0.2) is 0 Å². The van der Waals surface area contributed by atoms with Crippen LogP contribution in [0, 0.1) is 49.4 Å². The molecule has 0 fully saturated rings. The van der Waals surface area contributed by atoms with Gasteiger partial charge in [0.1, 0.15) is 0 Å². The van der Waals surface area contributed by atoms with Crippen molar-refractivity contribution in [2.45, 2.75) is 0 Å². The molecule has 0 aromatic carbocycles. The molecule has 0 bridgehead atoms. The van der Waals surface area contributed by atoms with Gasteiger partial charge in [0.2, 0.25) is 0 Å². The zero-order chi connectivity index (χ0) is 0. The van der Waals surface area contributed by atoms with Gasteiger partial charge in [-0.2, -0.15) is 0 Å². The van der Waals surface area contributed by atoms with Gasteiger partial charge in [0.15, 0.2) is 0 Å². The normalized spacial score (nSPS) is 0. The topological polar surface area (TPSA) is 0 Å². The smallest absolute Gasteiger partial charge is 1.00 e. The third-order valence-electron chi connectivity index (χ3n) is 0. The Hall–Kier alpha value is 4.09. The number of hydrogen-bond acceptors (Lipinski definition) is 0. The summed E-state index contributed by atoms with van der Waals surface area (Å²) in [5.41, 5.74) is 0. The van der Waals surface area contributed by atoms with Crippen molar-refractivity contribution >= 4 is 0 Å². The molecule has 5 heteroatoms. The molecule has 0 aliphatic carbocycles. The predicted molar refractivity (Wildman–Crippen MR) is 0 cm³/mol. The molecule has 0 atom stereocenters. The fourth-order valence-corrected chi connectivity index (χ4v) is 0. The van der Waals surface area contributed by atoms with Crippen LogP contribution in [-0.4, -0.2) is 0 Å². The molecule has 0 aliphatic heterocycles. The Labute approximate surface area is 134 Å². The Balaban J connectivity index is 0. The van der Waals surface area contributed by atoms with Crippen LogP contribution in [0.1, 0.15) is 0 Å². The molecule has 0 spiro atoms. The Kier molecular flexibility index (Phi) is 173. The molecule has 0 amide bonds. The summed E-state index contributed by atoms with van der Waals surface area (Å²) < 4.78 is 0. The average Bonchev–Trinajstić information content (AvgIpc) is 0. The molecule has 0 heterocycles. The summed E-state index contributed by atoms with van der Waals surface area (Å²) in [6.07, 6.45) is 0. The molecule has 5 heavy (non-hydrogen) atoms. The van der Waals surface area contributed by atoms with E-state index >= 15 is 0 Å². The van der Waals surface area contributed by atoms with E-state index in [0.717, 1.165) is 0 Å². The molecular weight excluding hydrogens is 297 g/mol. The van der Waals surface area contributed by atoms with Crippen LogP contribution < -0.4 is 88.6 Å². The van der Waals surface area contributed by atoms with Crippen LogP contribution in [0.3, 0.4) is 0 Å². The van der Waals surface area contributed by atoms with Gasteiger partial charge in [0, 0.05) is 0 Å². The van der Waals surface area contributed by atoms with Crippen LogP contribution in [-0.2, 0) is 0 Å². The first-order chi connectivity index (χ1) is 0. The first-order valence-electron chi connectivity index (χ1n) is 0. The fraction of sp³-hybridized carbons (Fsp3) is 0. The molecule has 0 N–H and O–H groups in total. The van der Waals surface area contributed by atoms with Crippen molar-refractivity contribution in [1.29, 1.82) is 0 Å². The second kappa shape index (κ2) is 24.3. The number of rotatable bonds is 0. The third-order valence-corrected chi connectivity index (χ3v) is 0. The zero-order valence-corrected chi connectivity index (χ0v) is 10.3. The van der Waals surface area contributed by atoms with Crippen molar-refractivity contribution in [2.75, 3.05) is 0 Å². The van der Waals surface area contributed by atoms with Crippen molar-refractivity contribution in [2.24, 2.45) is 0 Å². The van der Waals surface area contributed by atoms with E-state index in [1.807, 2.05) is 0 Å². The Morgan fingerprint density at radius 1 is 0.600 bits per heavy atom. The summed E-state index contributed by atoms with van der Waals surface area (Å²) in [7, 11) is 0. The minimum Gasteiger partial charge on any atom is -1.00 e. The van der Waals surface area contributed by atoms with Crippen LogP contribution in [0.5, 0.6) is 0 Å². The summed E-state index contributed by atoms with van der Waals surface area (Å²) in [4.78, 5) is 0. The molecule has 1 radical (unpaired) electrons. The second-order valence-corrected chi connectivity index (χ2v) is 0. The summed E-state index contributed by atoms with van der Waals surface area (Å²) in [6.45, 7) is 0. The summed E-state index contributed by atoms with van der Waals surface area (Å²) in [6, 6.07) is 0. The third kappa shape index (κ3) is 17.9. The van der Waals surface area contributed by atoms with E-state index in [4.69, 9.17) is 0 Å². The number of halogens is 3. The van der Waals surface area contributed by atoms with Crippen molar-refractivity contribution in [3.63, 3.8) is 0 Å². The van der Waals surface area contributed by atoms with E-state index in [0.29, 0.717) is 0 Å². The monoisotopic (exact) mass is 297 g/mol. The van der Waals surface area contributed by atoms with Gasteiger partial charge in [-0.1, -0.05) is 0 Å². The summed E-state index contributed by atoms with van der Waals surface area (Å²) >= 11 is 0. The maximum atomic E-state index is 0. The standard InChI is InChI=1S/3ClH.Eu.K/h3*1H;;/q;;;+2;+1/p-3. The van der Waals surface area contributed by atoms with E-state index in [-0.39, 0.29) is 138 Å².